The number of carbonyl (C=O) groups is 2. The Morgan fingerprint density at radius 1 is 1.23 bits per heavy atom. The van der Waals surface area contributed by atoms with Crippen molar-refractivity contribution in [2.45, 2.75) is 71.2 Å². The number of ketones is 1. The predicted octanol–water partition coefficient (Wildman–Crippen LogP) is 2.97. The van der Waals surface area contributed by atoms with Crippen LogP contribution in [-0.2, 0) is 22.7 Å². The van der Waals surface area contributed by atoms with E-state index in [9.17, 15) is 14.7 Å². The van der Waals surface area contributed by atoms with Crippen LogP contribution in [0.5, 0.6) is 5.75 Å². The zero-order chi connectivity index (χ0) is 22.0. The molecule has 4 rings (SSSR count). The summed E-state index contributed by atoms with van der Waals surface area (Å²) in [6, 6.07) is 6.64. The monoisotopic (exact) mass is 426 g/mol. The number of rotatable bonds is 7. The number of aliphatic hydroxyl groups is 1. The van der Waals surface area contributed by atoms with Gasteiger partial charge >= 0.3 is 0 Å². The second kappa shape index (κ2) is 9.53. The molecule has 3 aliphatic rings. The first-order valence-corrected chi connectivity index (χ1v) is 11.6. The van der Waals surface area contributed by atoms with Crippen LogP contribution in [0.1, 0.15) is 57.1 Å². The van der Waals surface area contributed by atoms with Gasteiger partial charge in [0, 0.05) is 43.6 Å². The van der Waals surface area contributed by atoms with Gasteiger partial charge in [-0.1, -0.05) is 38.8 Å². The van der Waals surface area contributed by atoms with E-state index in [0.717, 1.165) is 23.4 Å². The molecule has 1 amide bonds. The van der Waals surface area contributed by atoms with Gasteiger partial charge in [-0.25, -0.2) is 0 Å². The van der Waals surface area contributed by atoms with Gasteiger partial charge in [-0.15, -0.1) is 0 Å². The van der Waals surface area contributed by atoms with Crippen LogP contribution in [-0.4, -0.2) is 47.0 Å². The lowest BCUT2D eigenvalue weighted by atomic mass is 9.80. The minimum Gasteiger partial charge on any atom is -0.492 e. The zero-order valence-corrected chi connectivity index (χ0v) is 18.6. The molecule has 0 saturated heterocycles. The topological polar surface area (TPSA) is 78.9 Å². The molecular weight excluding hydrogens is 392 g/mol. The molecule has 1 aromatic carbocycles. The van der Waals surface area contributed by atoms with Gasteiger partial charge in [0.15, 0.2) is 0 Å². The lowest BCUT2D eigenvalue weighted by Crippen LogP contribution is -2.38. The Bertz CT molecular complexity index is 857. The number of nitrogens with zero attached hydrogens (tertiary/aromatic N) is 1. The SMILES string of the molecule is CC(C)C1C=C(C(=O)N2Cc3ccc(OCCNC4CCCC4)cc3C2)C(O)CC1=O. The number of aliphatic hydroxyl groups excluding tert-OH is 1. The average molecular weight is 427 g/mol. The van der Waals surface area contributed by atoms with Crippen molar-refractivity contribution in [3.63, 3.8) is 0 Å². The maximum Gasteiger partial charge on any atom is 0.252 e. The highest BCUT2D eigenvalue weighted by molar-refractivity contribution is 5.99. The number of carbonyl (C=O) groups excluding carboxylic acids is 2. The van der Waals surface area contributed by atoms with Crippen LogP contribution in [0.25, 0.3) is 0 Å². The zero-order valence-electron chi connectivity index (χ0n) is 18.6. The smallest absolute Gasteiger partial charge is 0.252 e. The largest absolute Gasteiger partial charge is 0.492 e. The molecule has 1 aromatic rings. The van der Waals surface area contributed by atoms with Crippen molar-refractivity contribution in [2.24, 2.45) is 11.8 Å². The van der Waals surface area contributed by atoms with E-state index in [1.165, 1.54) is 25.7 Å². The Morgan fingerprint density at radius 2 is 1.97 bits per heavy atom. The van der Waals surface area contributed by atoms with Crippen molar-refractivity contribution in [1.82, 2.24) is 10.2 Å². The van der Waals surface area contributed by atoms with Crippen molar-refractivity contribution in [3.8, 4) is 5.75 Å². The first kappa shape index (κ1) is 22.0. The second-order valence-corrected chi connectivity index (χ2v) is 9.45. The van der Waals surface area contributed by atoms with Gasteiger partial charge in [0.25, 0.3) is 5.91 Å². The number of Topliss-reactive ketones (excluding diaryl/α,β-unsaturated/α-hetero) is 1. The quantitative estimate of drug-likeness (QED) is 0.656. The van der Waals surface area contributed by atoms with Crippen LogP contribution in [0.4, 0.5) is 0 Å². The minimum atomic E-state index is -1.01. The number of benzene rings is 1. The number of hydrogen-bond acceptors (Lipinski definition) is 5. The maximum absolute atomic E-state index is 13.1. The van der Waals surface area contributed by atoms with E-state index in [0.29, 0.717) is 31.3 Å². The third-order valence-corrected chi connectivity index (χ3v) is 6.80. The number of ether oxygens (including phenoxy) is 1. The first-order chi connectivity index (χ1) is 14.9. The molecule has 0 spiro atoms. The van der Waals surface area contributed by atoms with E-state index >= 15 is 0 Å². The van der Waals surface area contributed by atoms with Gasteiger partial charge in [0.2, 0.25) is 0 Å². The summed E-state index contributed by atoms with van der Waals surface area (Å²) in [4.78, 5) is 27.1. The Morgan fingerprint density at radius 3 is 2.71 bits per heavy atom. The van der Waals surface area contributed by atoms with E-state index in [4.69, 9.17) is 4.74 Å². The highest BCUT2D eigenvalue weighted by atomic mass is 16.5. The Kier molecular flexibility index (Phi) is 6.77. The number of fused-ring (bicyclic) bond motifs is 1. The molecule has 0 bridgehead atoms. The molecule has 6 nitrogen and oxygen atoms in total. The summed E-state index contributed by atoms with van der Waals surface area (Å²) >= 11 is 0. The lowest BCUT2D eigenvalue weighted by Gasteiger charge is -2.28. The van der Waals surface area contributed by atoms with E-state index < -0.39 is 6.10 Å². The van der Waals surface area contributed by atoms with E-state index in [1.807, 2.05) is 32.0 Å². The standard InChI is InChI=1S/C25H34N2O4/c1-16(2)21-12-22(24(29)13-23(21)28)25(30)27-14-17-7-8-20(11-18(17)15-27)31-10-9-26-19-5-3-4-6-19/h7-8,11-12,16,19,21,24,26,29H,3-6,9-10,13-15H2,1-2H3. The summed E-state index contributed by atoms with van der Waals surface area (Å²) < 4.78 is 5.92. The fourth-order valence-corrected chi connectivity index (χ4v) is 4.96. The summed E-state index contributed by atoms with van der Waals surface area (Å²) in [5.74, 6) is 0.466. The fraction of sp³-hybridized carbons (Fsp3) is 0.600. The Hall–Kier alpha value is -2.18. The van der Waals surface area contributed by atoms with Crippen LogP contribution < -0.4 is 10.1 Å². The first-order valence-electron chi connectivity index (χ1n) is 11.6. The molecule has 2 atom stereocenters. The summed E-state index contributed by atoms with van der Waals surface area (Å²) in [5.41, 5.74) is 2.55. The summed E-state index contributed by atoms with van der Waals surface area (Å²) in [5, 5.41) is 13.9. The molecule has 2 unspecified atom stereocenters. The number of hydrogen-bond donors (Lipinski definition) is 2. The Balaban J connectivity index is 1.35. The van der Waals surface area contributed by atoms with Crippen LogP contribution >= 0.6 is 0 Å². The molecule has 6 heteroatoms. The molecule has 31 heavy (non-hydrogen) atoms. The van der Waals surface area contributed by atoms with Crippen molar-refractivity contribution in [3.05, 3.63) is 41.0 Å². The van der Waals surface area contributed by atoms with Crippen molar-refractivity contribution in [1.29, 1.82) is 0 Å². The van der Waals surface area contributed by atoms with Crippen molar-refractivity contribution >= 4 is 11.7 Å². The summed E-state index contributed by atoms with van der Waals surface area (Å²) in [6.45, 7) is 6.42. The van der Waals surface area contributed by atoms with Gasteiger partial charge in [-0.2, -0.15) is 0 Å². The average Bonchev–Trinajstić information content (AvgIpc) is 3.40. The highest BCUT2D eigenvalue weighted by Crippen LogP contribution is 2.31. The van der Waals surface area contributed by atoms with Crippen molar-refractivity contribution in [2.75, 3.05) is 13.2 Å². The predicted molar refractivity (Wildman–Crippen MR) is 118 cm³/mol. The van der Waals surface area contributed by atoms with E-state index in [2.05, 4.69) is 5.32 Å². The Labute approximate surface area is 184 Å². The highest BCUT2D eigenvalue weighted by Gasteiger charge is 2.36. The van der Waals surface area contributed by atoms with Gasteiger partial charge in [-0.05, 0) is 42.0 Å². The summed E-state index contributed by atoms with van der Waals surface area (Å²) in [6.07, 6.45) is 5.87. The normalized spacial score (nSPS) is 23.9. The van der Waals surface area contributed by atoms with Crippen LogP contribution in [0.3, 0.4) is 0 Å². The lowest BCUT2D eigenvalue weighted by molar-refractivity contribution is -0.130. The van der Waals surface area contributed by atoms with Gasteiger partial charge in [0.1, 0.15) is 18.1 Å². The van der Waals surface area contributed by atoms with Crippen molar-refractivity contribution < 1.29 is 19.4 Å². The van der Waals surface area contributed by atoms with Crippen LogP contribution in [0.2, 0.25) is 0 Å². The van der Waals surface area contributed by atoms with Crippen LogP contribution in [0.15, 0.2) is 29.8 Å². The summed E-state index contributed by atoms with van der Waals surface area (Å²) in [7, 11) is 0. The molecule has 2 N–H and O–H groups in total. The molecule has 1 heterocycles. The number of amides is 1. The number of nitrogens with one attached hydrogen (secondary N) is 1. The maximum atomic E-state index is 13.1. The van der Waals surface area contributed by atoms with Gasteiger partial charge in [0.05, 0.1) is 6.10 Å². The molecule has 0 radical (unpaired) electrons. The molecular formula is C25H34N2O4. The van der Waals surface area contributed by atoms with Gasteiger partial charge < -0.3 is 20.1 Å². The van der Waals surface area contributed by atoms with E-state index in [-0.39, 0.29) is 29.9 Å². The fourth-order valence-electron chi connectivity index (χ4n) is 4.96. The van der Waals surface area contributed by atoms with Crippen LogP contribution in [0, 0.1) is 11.8 Å². The number of allylic oxidation sites excluding steroid dienone is 1. The molecule has 168 valence electrons. The molecule has 1 fully saturated rings. The van der Waals surface area contributed by atoms with Gasteiger partial charge in [-0.3, -0.25) is 9.59 Å². The molecule has 1 saturated carbocycles. The molecule has 0 aromatic heterocycles. The second-order valence-electron chi connectivity index (χ2n) is 9.45. The van der Waals surface area contributed by atoms with E-state index in [1.54, 1.807) is 11.0 Å². The third kappa shape index (κ3) is 5.01. The minimum absolute atomic E-state index is 0.00738. The molecule has 2 aliphatic carbocycles. The third-order valence-electron chi connectivity index (χ3n) is 6.80. The molecule has 1 aliphatic heterocycles.